The van der Waals surface area contributed by atoms with Crippen molar-refractivity contribution in [1.82, 2.24) is 5.43 Å². The van der Waals surface area contributed by atoms with Crippen LogP contribution in [0, 0.1) is 17.3 Å². The minimum Gasteiger partial charge on any atom is -0.273 e. The van der Waals surface area contributed by atoms with Gasteiger partial charge in [-0.1, -0.05) is 25.8 Å². The summed E-state index contributed by atoms with van der Waals surface area (Å²) in [7, 11) is 0. The van der Waals surface area contributed by atoms with E-state index in [1.165, 1.54) is 25.7 Å². The molecule has 0 aromatic carbocycles. The fraction of sp³-hybridized carbons (Fsp3) is 0.571. The minimum absolute atomic E-state index is 0.109. The van der Waals surface area contributed by atoms with E-state index in [-0.39, 0.29) is 17.2 Å². The number of rotatable bonds is 3. The number of hydrogen-bond donors (Lipinski definition) is 1. The van der Waals surface area contributed by atoms with Crippen LogP contribution in [-0.4, -0.2) is 12.1 Å². The first-order valence-corrected chi connectivity index (χ1v) is 7.46. The van der Waals surface area contributed by atoms with Gasteiger partial charge in [0.2, 0.25) is 5.91 Å². The van der Waals surface area contributed by atoms with E-state index in [0.29, 0.717) is 5.92 Å². The molecule has 3 atom stereocenters. The summed E-state index contributed by atoms with van der Waals surface area (Å²) in [5.41, 5.74) is 2.97. The Hall–Kier alpha value is -1.16. The molecule has 1 amide bonds. The SMILES string of the molecule is C[C@]12CCCC[C@H]1[C@@H]2C(=O)N/N=C/c1cccs1. The second kappa shape index (κ2) is 4.50. The molecule has 1 aromatic rings. The van der Waals surface area contributed by atoms with Gasteiger partial charge in [0.1, 0.15) is 0 Å². The molecule has 0 spiro atoms. The maximum absolute atomic E-state index is 12.1. The molecule has 2 aliphatic carbocycles. The Morgan fingerprint density at radius 3 is 3.17 bits per heavy atom. The zero-order chi connectivity index (χ0) is 12.6. The molecule has 1 N–H and O–H groups in total. The lowest BCUT2D eigenvalue weighted by molar-refractivity contribution is -0.123. The maximum Gasteiger partial charge on any atom is 0.244 e. The predicted octanol–water partition coefficient (Wildman–Crippen LogP) is 3.02. The second-order valence-corrected chi connectivity index (χ2v) is 6.56. The highest BCUT2D eigenvalue weighted by Gasteiger charge is 2.64. The third-order valence-electron chi connectivity index (χ3n) is 4.52. The van der Waals surface area contributed by atoms with Gasteiger partial charge in [-0.05, 0) is 35.6 Å². The summed E-state index contributed by atoms with van der Waals surface area (Å²) in [5, 5.41) is 6.05. The highest BCUT2D eigenvalue weighted by Crippen LogP contribution is 2.66. The van der Waals surface area contributed by atoms with Crippen molar-refractivity contribution in [2.24, 2.45) is 22.4 Å². The lowest BCUT2D eigenvalue weighted by Crippen LogP contribution is -2.22. The Labute approximate surface area is 111 Å². The average molecular weight is 262 g/mol. The number of carbonyl (C=O) groups excluding carboxylic acids is 1. The van der Waals surface area contributed by atoms with Gasteiger partial charge in [-0.25, -0.2) is 5.43 Å². The number of thiophene rings is 1. The summed E-state index contributed by atoms with van der Waals surface area (Å²) in [6.45, 7) is 2.25. The van der Waals surface area contributed by atoms with E-state index in [1.54, 1.807) is 17.6 Å². The lowest BCUT2D eigenvalue weighted by Gasteiger charge is -2.15. The number of nitrogens with zero attached hydrogens (tertiary/aromatic N) is 1. The van der Waals surface area contributed by atoms with E-state index in [0.717, 1.165) is 4.88 Å². The van der Waals surface area contributed by atoms with E-state index in [2.05, 4.69) is 17.5 Å². The topological polar surface area (TPSA) is 41.5 Å². The number of fused-ring (bicyclic) bond motifs is 1. The highest BCUT2D eigenvalue weighted by molar-refractivity contribution is 7.11. The van der Waals surface area contributed by atoms with E-state index in [9.17, 15) is 4.79 Å². The molecule has 4 heteroatoms. The van der Waals surface area contributed by atoms with Crippen LogP contribution in [0.4, 0.5) is 0 Å². The van der Waals surface area contributed by atoms with Crippen molar-refractivity contribution in [3.05, 3.63) is 22.4 Å². The van der Waals surface area contributed by atoms with E-state index >= 15 is 0 Å². The van der Waals surface area contributed by atoms with Crippen LogP contribution in [0.3, 0.4) is 0 Å². The summed E-state index contributed by atoms with van der Waals surface area (Å²) in [6.07, 6.45) is 6.68. The molecule has 0 bridgehead atoms. The maximum atomic E-state index is 12.1. The Bertz CT molecular complexity index is 468. The monoisotopic (exact) mass is 262 g/mol. The van der Waals surface area contributed by atoms with Crippen molar-refractivity contribution in [2.45, 2.75) is 32.6 Å². The normalized spacial score (nSPS) is 34.3. The van der Waals surface area contributed by atoms with Crippen LogP contribution >= 0.6 is 11.3 Å². The minimum atomic E-state index is 0.109. The quantitative estimate of drug-likeness (QED) is 0.660. The molecular weight excluding hydrogens is 244 g/mol. The van der Waals surface area contributed by atoms with Crippen LogP contribution in [0.2, 0.25) is 0 Å². The molecule has 2 fully saturated rings. The Morgan fingerprint density at radius 1 is 1.61 bits per heavy atom. The molecule has 18 heavy (non-hydrogen) atoms. The summed E-state index contributed by atoms with van der Waals surface area (Å²) in [4.78, 5) is 13.1. The molecule has 0 unspecified atom stereocenters. The average Bonchev–Trinajstić information content (AvgIpc) is 2.71. The van der Waals surface area contributed by atoms with E-state index in [1.807, 2.05) is 17.5 Å². The summed E-state index contributed by atoms with van der Waals surface area (Å²) in [6, 6.07) is 3.96. The fourth-order valence-corrected chi connectivity index (χ4v) is 4.03. The van der Waals surface area contributed by atoms with Crippen LogP contribution in [0.15, 0.2) is 22.6 Å². The van der Waals surface area contributed by atoms with Crippen molar-refractivity contribution in [3.63, 3.8) is 0 Å². The van der Waals surface area contributed by atoms with Gasteiger partial charge in [-0.2, -0.15) is 5.10 Å². The van der Waals surface area contributed by atoms with Crippen molar-refractivity contribution >= 4 is 23.5 Å². The third kappa shape index (κ3) is 1.99. The molecule has 0 saturated heterocycles. The van der Waals surface area contributed by atoms with Crippen LogP contribution in [-0.2, 0) is 4.79 Å². The first-order chi connectivity index (χ1) is 8.72. The number of hydrazone groups is 1. The third-order valence-corrected chi connectivity index (χ3v) is 5.33. The Kier molecular flexibility index (Phi) is 2.98. The molecule has 1 heterocycles. The zero-order valence-electron chi connectivity index (χ0n) is 10.6. The number of nitrogens with one attached hydrogen (secondary N) is 1. The largest absolute Gasteiger partial charge is 0.273 e. The summed E-state index contributed by atoms with van der Waals surface area (Å²) in [5.74, 6) is 0.904. The number of carbonyl (C=O) groups is 1. The molecule has 3 rings (SSSR count). The van der Waals surface area contributed by atoms with Gasteiger partial charge >= 0.3 is 0 Å². The molecule has 1 aromatic heterocycles. The van der Waals surface area contributed by atoms with Crippen molar-refractivity contribution < 1.29 is 4.79 Å². The Morgan fingerprint density at radius 2 is 2.50 bits per heavy atom. The first kappa shape index (κ1) is 11.9. The summed E-state index contributed by atoms with van der Waals surface area (Å²) >= 11 is 1.62. The van der Waals surface area contributed by atoms with Crippen molar-refractivity contribution in [2.75, 3.05) is 0 Å². The first-order valence-electron chi connectivity index (χ1n) is 6.58. The van der Waals surface area contributed by atoms with Gasteiger partial charge in [0, 0.05) is 10.8 Å². The fourth-order valence-electron chi connectivity index (χ4n) is 3.44. The molecule has 2 saturated carbocycles. The van der Waals surface area contributed by atoms with Crippen LogP contribution in [0.5, 0.6) is 0 Å². The van der Waals surface area contributed by atoms with Crippen LogP contribution in [0.25, 0.3) is 0 Å². The van der Waals surface area contributed by atoms with E-state index < -0.39 is 0 Å². The molecule has 0 radical (unpaired) electrons. The van der Waals surface area contributed by atoms with Crippen molar-refractivity contribution in [1.29, 1.82) is 0 Å². The molecule has 0 aliphatic heterocycles. The van der Waals surface area contributed by atoms with Gasteiger partial charge < -0.3 is 0 Å². The van der Waals surface area contributed by atoms with Gasteiger partial charge in [0.15, 0.2) is 0 Å². The van der Waals surface area contributed by atoms with Crippen LogP contribution < -0.4 is 5.43 Å². The second-order valence-electron chi connectivity index (χ2n) is 5.59. The molecular formula is C14H18N2OS. The van der Waals surface area contributed by atoms with Gasteiger partial charge in [-0.3, -0.25) is 4.79 Å². The van der Waals surface area contributed by atoms with Gasteiger partial charge in [0.05, 0.1) is 6.21 Å². The number of amides is 1. The summed E-state index contributed by atoms with van der Waals surface area (Å²) < 4.78 is 0. The van der Waals surface area contributed by atoms with Crippen LogP contribution in [0.1, 0.15) is 37.5 Å². The molecule has 96 valence electrons. The van der Waals surface area contributed by atoms with E-state index in [4.69, 9.17) is 0 Å². The standard InChI is InChI=1S/C14H18N2OS/c1-14-7-3-2-6-11(14)12(14)13(17)16-15-9-10-5-4-8-18-10/h4-5,8-9,11-12H,2-3,6-7H2,1H3,(H,16,17)/b15-9+/t11-,12+,14-/m0/s1. The van der Waals surface area contributed by atoms with Crippen molar-refractivity contribution in [3.8, 4) is 0 Å². The number of hydrogen-bond acceptors (Lipinski definition) is 3. The lowest BCUT2D eigenvalue weighted by atomic mass is 9.90. The predicted molar refractivity (Wildman–Crippen MR) is 73.6 cm³/mol. The molecule has 3 nitrogen and oxygen atoms in total. The molecule has 2 aliphatic rings. The van der Waals surface area contributed by atoms with Gasteiger partial charge in [0.25, 0.3) is 0 Å². The Balaban J connectivity index is 1.57. The zero-order valence-corrected chi connectivity index (χ0v) is 11.4. The van der Waals surface area contributed by atoms with Gasteiger partial charge in [-0.15, -0.1) is 11.3 Å². The smallest absolute Gasteiger partial charge is 0.244 e. The highest BCUT2D eigenvalue weighted by atomic mass is 32.1.